The number of rotatable bonds is 6. The Bertz CT molecular complexity index is 945. The summed E-state index contributed by atoms with van der Waals surface area (Å²) in [5.41, 5.74) is 0.704. The van der Waals surface area contributed by atoms with Crippen LogP contribution in [0.2, 0.25) is 0 Å². The van der Waals surface area contributed by atoms with Crippen molar-refractivity contribution in [2.75, 3.05) is 19.3 Å². The van der Waals surface area contributed by atoms with Crippen LogP contribution in [0.3, 0.4) is 0 Å². The minimum Gasteiger partial charge on any atom is -0.312 e. The van der Waals surface area contributed by atoms with Crippen LogP contribution in [-0.4, -0.2) is 47.4 Å². The fourth-order valence-electron chi connectivity index (χ4n) is 3.39. The van der Waals surface area contributed by atoms with Gasteiger partial charge >= 0.3 is 0 Å². The van der Waals surface area contributed by atoms with Gasteiger partial charge in [-0.25, -0.2) is 21.9 Å². The summed E-state index contributed by atoms with van der Waals surface area (Å²) in [6.07, 6.45) is 1.77. The molecule has 10 heteroatoms. The molecule has 1 aromatic carbocycles. The number of hydrogen-bond donors (Lipinski definition) is 1. The second kappa shape index (κ2) is 8.22. The Labute approximate surface area is 163 Å². The highest BCUT2D eigenvalue weighted by molar-refractivity contribution is 7.88. The van der Waals surface area contributed by atoms with E-state index in [9.17, 15) is 17.2 Å². The number of fused-ring (bicyclic) bond motifs is 1. The van der Waals surface area contributed by atoms with Gasteiger partial charge in [-0.1, -0.05) is 19.9 Å². The van der Waals surface area contributed by atoms with Crippen molar-refractivity contribution in [3.63, 3.8) is 0 Å². The normalized spacial score (nSPS) is 16.8. The third-order valence-corrected chi connectivity index (χ3v) is 5.51. The summed E-state index contributed by atoms with van der Waals surface area (Å²) < 4.78 is 54.7. The molecule has 0 spiro atoms. The van der Waals surface area contributed by atoms with Crippen LogP contribution >= 0.6 is 0 Å². The largest absolute Gasteiger partial charge is 0.312 e. The van der Waals surface area contributed by atoms with Crippen molar-refractivity contribution in [2.45, 2.75) is 39.4 Å². The van der Waals surface area contributed by atoms with Crippen molar-refractivity contribution >= 4 is 10.0 Å². The molecule has 1 aliphatic heterocycles. The van der Waals surface area contributed by atoms with Gasteiger partial charge in [-0.3, -0.25) is 4.90 Å². The lowest BCUT2D eigenvalue weighted by molar-refractivity contribution is 0.268. The Morgan fingerprint density at radius 3 is 2.54 bits per heavy atom. The maximum absolute atomic E-state index is 13.5. The van der Waals surface area contributed by atoms with E-state index in [0.29, 0.717) is 44.0 Å². The van der Waals surface area contributed by atoms with Crippen molar-refractivity contribution in [1.29, 1.82) is 0 Å². The van der Waals surface area contributed by atoms with Gasteiger partial charge in [0, 0.05) is 32.6 Å². The predicted octanol–water partition coefficient (Wildman–Crippen LogP) is 1.86. The molecular formula is C18H25F2N5O2S. The highest BCUT2D eigenvalue weighted by Gasteiger charge is 2.28. The van der Waals surface area contributed by atoms with Crippen molar-refractivity contribution < 1.29 is 17.2 Å². The molecule has 7 nitrogen and oxygen atoms in total. The molecule has 2 aromatic rings. The summed E-state index contributed by atoms with van der Waals surface area (Å²) in [4.78, 5) is 2.14. The van der Waals surface area contributed by atoms with E-state index in [4.69, 9.17) is 0 Å². The molecule has 0 amide bonds. The first-order chi connectivity index (χ1) is 13.1. The highest BCUT2D eigenvalue weighted by atomic mass is 32.2. The first-order valence-electron chi connectivity index (χ1n) is 9.19. The molecule has 0 bridgehead atoms. The third-order valence-electron chi connectivity index (χ3n) is 4.82. The molecule has 0 aliphatic carbocycles. The lowest BCUT2D eigenvalue weighted by Crippen LogP contribution is -2.33. The van der Waals surface area contributed by atoms with Crippen molar-refractivity contribution in [3.8, 4) is 0 Å². The van der Waals surface area contributed by atoms with Crippen LogP contribution in [0.25, 0.3) is 0 Å². The molecule has 0 radical (unpaired) electrons. The van der Waals surface area contributed by atoms with E-state index < -0.39 is 27.7 Å². The molecule has 154 valence electrons. The summed E-state index contributed by atoms with van der Waals surface area (Å²) in [5.74, 6) is -0.301. The van der Waals surface area contributed by atoms with Crippen LogP contribution in [0.5, 0.6) is 0 Å². The number of nitrogens with zero attached hydrogens (tertiary/aromatic N) is 4. The van der Waals surface area contributed by atoms with Crippen molar-refractivity contribution in [1.82, 2.24) is 24.4 Å². The van der Waals surface area contributed by atoms with Crippen LogP contribution in [0.1, 0.15) is 37.1 Å². The summed E-state index contributed by atoms with van der Waals surface area (Å²) in [7, 11) is -3.40. The topological polar surface area (TPSA) is 80.1 Å². The molecule has 1 aromatic heterocycles. The molecule has 1 aliphatic rings. The van der Waals surface area contributed by atoms with Gasteiger partial charge in [0.15, 0.2) is 17.5 Å². The average Bonchev–Trinajstić information content (AvgIpc) is 2.89. The smallest absolute Gasteiger partial charge is 0.209 e. The molecule has 3 rings (SSSR count). The van der Waals surface area contributed by atoms with Crippen LogP contribution < -0.4 is 4.72 Å². The standard InChI is InChI=1S/C18H25F2N5O2S/c1-12(2)17(23-28(3,26)27)18-22-21-16-6-7-24(8-9-25(16)18)11-13-4-5-14(19)15(20)10-13/h4-5,10,12,17,23H,6-9,11H2,1-3H3. The molecule has 2 heterocycles. The maximum atomic E-state index is 13.5. The predicted molar refractivity (Wildman–Crippen MR) is 101 cm³/mol. The number of benzene rings is 1. The van der Waals surface area contributed by atoms with Crippen LogP contribution in [0.15, 0.2) is 18.2 Å². The SMILES string of the molecule is CC(C)C(NS(C)(=O)=O)c1nnc2n1CCN(Cc1ccc(F)c(F)c1)CC2. The van der Waals surface area contributed by atoms with Gasteiger partial charge in [-0.05, 0) is 23.6 Å². The summed E-state index contributed by atoms with van der Waals surface area (Å²) in [6.45, 7) is 6.31. The number of aromatic nitrogens is 3. The Morgan fingerprint density at radius 2 is 1.89 bits per heavy atom. The second-order valence-electron chi connectivity index (χ2n) is 7.51. The number of halogens is 2. The Hall–Kier alpha value is -1.91. The second-order valence-corrected chi connectivity index (χ2v) is 9.29. The Kier molecular flexibility index (Phi) is 6.11. The van der Waals surface area contributed by atoms with Crippen molar-refractivity contribution in [2.24, 2.45) is 5.92 Å². The molecule has 0 saturated carbocycles. The molecular weight excluding hydrogens is 388 g/mol. The minimum absolute atomic E-state index is 0.00423. The first-order valence-corrected chi connectivity index (χ1v) is 11.1. The lowest BCUT2D eigenvalue weighted by Gasteiger charge is -2.22. The molecule has 1 unspecified atom stereocenters. The lowest BCUT2D eigenvalue weighted by atomic mass is 10.1. The summed E-state index contributed by atoms with van der Waals surface area (Å²) >= 11 is 0. The zero-order chi connectivity index (χ0) is 20.5. The van der Waals surface area contributed by atoms with E-state index in [1.54, 1.807) is 6.07 Å². The molecule has 0 saturated heterocycles. The Morgan fingerprint density at radius 1 is 1.14 bits per heavy atom. The zero-order valence-electron chi connectivity index (χ0n) is 16.2. The number of nitrogens with one attached hydrogen (secondary N) is 1. The van der Waals surface area contributed by atoms with E-state index in [-0.39, 0.29) is 5.92 Å². The average molecular weight is 413 g/mol. The van der Waals surface area contributed by atoms with Gasteiger partial charge in [0.2, 0.25) is 10.0 Å². The molecule has 0 fully saturated rings. The molecule has 1 N–H and O–H groups in total. The van der Waals surface area contributed by atoms with Gasteiger partial charge < -0.3 is 4.57 Å². The fraction of sp³-hybridized carbons (Fsp3) is 0.556. The maximum Gasteiger partial charge on any atom is 0.209 e. The Balaban J connectivity index is 1.76. The van der Waals surface area contributed by atoms with Crippen LogP contribution in [-0.2, 0) is 29.5 Å². The van der Waals surface area contributed by atoms with Gasteiger partial charge in [-0.2, -0.15) is 0 Å². The monoisotopic (exact) mass is 413 g/mol. The van der Waals surface area contributed by atoms with Gasteiger partial charge in [0.25, 0.3) is 0 Å². The van der Waals surface area contributed by atoms with Crippen molar-refractivity contribution in [3.05, 3.63) is 47.0 Å². The van der Waals surface area contributed by atoms with Gasteiger partial charge in [-0.15, -0.1) is 10.2 Å². The van der Waals surface area contributed by atoms with Crippen LogP contribution in [0, 0.1) is 17.6 Å². The third kappa shape index (κ3) is 4.92. The van der Waals surface area contributed by atoms with E-state index >= 15 is 0 Å². The number of sulfonamides is 1. The van der Waals surface area contributed by atoms with Crippen LogP contribution in [0.4, 0.5) is 8.78 Å². The summed E-state index contributed by atoms with van der Waals surface area (Å²) in [6, 6.07) is 3.48. The summed E-state index contributed by atoms with van der Waals surface area (Å²) in [5, 5.41) is 8.51. The zero-order valence-corrected chi connectivity index (χ0v) is 17.0. The van der Waals surface area contributed by atoms with Gasteiger partial charge in [0.05, 0.1) is 12.3 Å². The highest BCUT2D eigenvalue weighted by Crippen LogP contribution is 2.23. The number of hydrogen-bond acceptors (Lipinski definition) is 5. The molecule has 28 heavy (non-hydrogen) atoms. The van der Waals surface area contributed by atoms with E-state index in [2.05, 4.69) is 19.8 Å². The van der Waals surface area contributed by atoms with E-state index in [0.717, 1.165) is 18.1 Å². The first kappa shape index (κ1) is 20.8. The van der Waals surface area contributed by atoms with E-state index in [1.165, 1.54) is 6.07 Å². The fourth-order valence-corrected chi connectivity index (χ4v) is 4.23. The molecule has 1 atom stereocenters. The minimum atomic E-state index is -3.40. The quantitative estimate of drug-likeness (QED) is 0.782. The van der Waals surface area contributed by atoms with Gasteiger partial charge in [0.1, 0.15) is 5.82 Å². The van der Waals surface area contributed by atoms with E-state index in [1.807, 2.05) is 18.4 Å².